The van der Waals surface area contributed by atoms with Gasteiger partial charge in [-0.3, -0.25) is 9.69 Å². The Morgan fingerprint density at radius 2 is 1.84 bits per heavy atom. The summed E-state index contributed by atoms with van der Waals surface area (Å²) in [5.41, 5.74) is 2.59. The van der Waals surface area contributed by atoms with E-state index in [-0.39, 0.29) is 23.3 Å². The first-order valence-corrected chi connectivity index (χ1v) is 10.5. The SMILES string of the molecule is O=C(N[C@@H]1COc2cccc(CN3CCCCC3)c2C1)c1ccc(OC(F)(F)F)cc1. The van der Waals surface area contributed by atoms with Crippen molar-refractivity contribution in [2.45, 2.75) is 44.6 Å². The predicted molar refractivity (Wildman–Crippen MR) is 109 cm³/mol. The predicted octanol–water partition coefficient (Wildman–Crippen LogP) is 4.30. The van der Waals surface area contributed by atoms with Crippen LogP contribution >= 0.6 is 0 Å². The van der Waals surface area contributed by atoms with Crippen molar-refractivity contribution in [3.63, 3.8) is 0 Å². The molecule has 1 atom stereocenters. The van der Waals surface area contributed by atoms with Gasteiger partial charge < -0.3 is 14.8 Å². The minimum atomic E-state index is -4.76. The first-order valence-electron chi connectivity index (χ1n) is 10.5. The molecule has 1 amide bonds. The van der Waals surface area contributed by atoms with Gasteiger partial charge in [0.1, 0.15) is 18.1 Å². The average molecular weight is 434 g/mol. The number of piperidine rings is 1. The van der Waals surface area contributed by atoms with Gasteiger partial charge in [0.2, 0.25) is 0 Å². The zero-order valence-corrected chi connectivity index (χ0v) is 17.1. The van der Waals surface area contributed by atoms with Crippen molar-refractivity contribution in [3.8, 4) is 11.5 Å². The number of hydrogen-bond donors (Lipinski definition) is 1. The van der Waals surface area contributed by atoms with Crippen molar-refractivity contribution in [2.75, 3.05) is 19.7 Å². The van der Waals surface area contributed by atoms with Gasteiger partial charge in [-0.25, -0.2) is 0 Å². The maximum Gasteiger partial charge on any atom is 0.573 e. The number of ether oxygens (including phenoxy) is 2. The summed E-state index contributed by atoms with van der Waals surface area (Å²) >= 11 is 0. The number of alkyl halides is 3. The van der Waals surface area contributed by atoms with Crippen LogP contribution in [-0.2, 0) is 13.0 Å². The molecule has 0 spiro atoms. The van der Waals surface area contributed by atoms with Gasteiger partial charge in [-0.15, -0.1) is 13.2 Å². The van der Waals surface area contributed by atoms with Crippen LogP contribution in [-0.4, -0.2) is 42.9 Å². The molecule has 0 unspecified atom stereocenters. The van der Waals surface area contributed by atoms with Crippen molar-refractivity contribution in [1.82, 2.24) is 10.2 Å². The fourth-order valence-corrected chi connectivity index (χ4v) is 4.15. The molecule has 2 aromatic rings. The fourth-order valence-electron chi connectivity index (χ4n) is 4.15. The standard InChI is InChI=1S/C23H25F3N2O3/c24-23(25,26)31-19-9-7-16(8-10-19)22(29)27-18-13-20-17(5-4-6-21(20)30-15-18)14-28-11-2-1-3-12-28/h4-10,18H,1-3,11-15H2,(H,27,29)/t18-/m0/s1. The lowest BCUT2D eigenvalue weighted by molar-refractivity contribution is -0.274. The number of carbonyl (C=O) groups is 1. The molecule has 0 radical (unpaired) electrons. The van der Waals surface area contributed by atoms with Crippen LogP contribution < -0.4 is 14.8 Å². The number of nitrogens with zero attached hydrogens (tertiary/aromatic N) is 1. The molecule has 5 nitrogen and oxygen atoms in total. The molecule has 0 bridgehead atoms. The molecule has 0 saturated carbocycles. The number of carbonyl (C=O) groups excluding carboxylic acids is 1. The van der Waals surface area contributed by atoms with Crippen LogP contribution in [0.3, 0.4) is 0 Å². The summed E-state index contributed by atoms with van der Waals surface area (Å²) in [6, 6.07) is 10.7. The zero-order chi connectivity index (χ0) is 21.8. The molecule has 1 saturated heterocycles. The molecular weight excluding hydrogens is 409 g/mol. The Morgan fingerprint density at radius 1 is 1.10 bits per heavy atom. The van der Waals surface area contributed by atoms with Crippen LogP contribution in [0.1, 0.15) is 40.7 Å². The van der Waals surface area contributed by atoms with E-state index in [9.17, 15) is 18.0 Å². The molecule has 4 rings (SSSR count). The minimum absolute atomic E-state index is 0.214. The van der Waals surface area contributed by atoms with E-state index in [1.807, 2.05) is 12.1 Å². The highest BCUT2D eigenvalue weighted by Crippen LogP contribution is 2.30. The van der Waals surface area contributed by atoms with Crippen molar-refractivity contribution < 1.29 is 27.4 Å². The Labute approximate surface area is 179 Å². The van der Waals surface area contributed by atoms with E-state index < -0.39 is 6.36 Å². The largest absolute Gasteiger partial charge is 0.573 e. The van der Waals surface area contributed by atoms with Crippen molar-refractivity contribution in [2.24, 2.45) is 0 Å². The van der Waals surface area contributed by atoms with E-state index in [1.54, 1.807) is 0 Å². The number of amides is 1. The summed E-state index contributed by atoms with van der Waals surface area (Å²) in [5.74, 6) is 0.138. The van der Waals surface area contributed by atoms with E-state index in [1.165, 1.54) is 37.0 Å². The number of nitrogens with one attached hydrogen (secondary N) is 1. The molecule has 1 N–H and O–H groups in total. The third-order valence-corrected chi connectivity index (χ3v) is 5.65. The first-order chi connectivity index (χ1) is 14.9. The minimum Gasteiger partial charge on any atom is -0.491 e. The van der Waals surface area contributed by atoms with Crippen LogP contribution in [0.5, 0.6) is 11.5 Å². The van der Waals surface area contributed by atoms with E-state index in [0.29, 0.717) is 13.0 Å². The molecule has 2 aliphatic rings. The monoisotopic (exact) mass is 434 g/mol. The first kappa shape index (κ1) is 21.5. The highest BCUT2D eigenvalue weighted by atomic mass is 19.4. The molecule has 2 aliphatic heterocycles. The van der Waals surface area contributed by atoms with Crippen molar-refractivity contribution in [1.29, 1.82) is 0 Å². The second-order valence-electron chi connectivity index (χ2n) is 7.99. The van der Waals surface area contributed by atoms with Crippen LogP contribution in [0.4, 0.5) is 13.2 Å². The number of rotatable bonds is 5. The molecule has 0 aliphatic carbocycles. The van der Waals surface area contributed by atoms with Crippen LogP contribution in [0.2, 0.25) is 0 Å². The Bertz CT molecular complexity index is 909. The topological polar surface area (TPSA) is 50.8 Å². The van der Waals surface area contributed by atoms with E-state index in [2.05, 4.69) is 21.0 Å². The molecule has 1 fully saturated rings. The molecule has 31 heavy (non-hydrogen) atoms. The lowest BCUT2D eigenvalue weighted by Gasteiger charge is -2.31. The van der Waals surface area contributed by atoms with Crippen molar-refractivity contribution >= 4 is 5.91 Å². The molecule has 2 heterocycles. The Morgan fingerprint density at radius 3 is 2.55 bits per heavy atom. The highest BCUT2D eigenvalue weighted by molar-refractivity contribution is 5.94. The number of likely N-dealkylation sites (tertiary alicyclic amines) is 1. The molecule has 2 aromatic carbocycles. The van der Waals surface area contributed by atoms with Gasteiger partial charge in [-0.05, 0) is 68.2 Å². The summed E-state index contributed by atoms with van der Waals surface area (Å²) in [4.78, 5) is 15.0. The van der Waals surface area contributed by atoms with E-state index in [4.69, 9.17) is 4.74 Å². The third kappa shape index (κ3) is 5.70. The molecule has 166 valence electrons. The Hall–Kier alpha value is -2.74. The van der Waals surface area contributed by atoms with E-state index in [0.717, 1.165) is 43.1 Å². The second kappa shape index (κ2) is 9.18. The summed E-state index contributed by atoms with van der Waals surface area (Å²) < 4.78 is 46.6. The maximum atomic E-state index is 12.6. The third-order valence-electron chi connectivity index (χ3n) is 5.65. The lowest BCUT2D eigenvalue weighted by atomic mass is 9.96. The van der Waals surface area contributed by atoms with Crippen LogP contribution in [0.25, 0.3) is 0 Å². The van der Waals surface area contributed by atoms with Gasteiger partial charge >= 0.3 is 6.36 Å². The Kier molecular flexibility index (Phi) is 6.36. The van der Waals surface area contributed by atoms with E-state index >= 15 is 0 Å². The second-order valence-corrected chi connectivity index (χ2v) is 7.99. The normalized spacial score (nSPS) is 19.3. The van der Waals surface area contributed by atoms with Gasteiger partial charge in [-0.2, -0.15) is 0 Å². The zero-order valence-electron chi connectivity index (χ0n) is 17.1. The molecular formula is C23H25F3N2O3. The quantitative estimate of drug-likeness (QED) is 0.762. The average Bonchev–Trinajstić information content (AvgIpc) is 2.74. The van der Waals surface area contributed by atoms with Crippen molar-refractivity contribution in [3.05, 3.63) is 59.2 Å². The maximum absolute atomic E-state index is 12.6. The summed E-state index contributed by atoms with van der Waals surface area (Å²) in [6.07, 6.45) is -0.388. The van der Waals surface area contributed by atoms with Gasteiger partial charge in [-0.1, -0.05) is 18.6 Å². The fraction of sp³-hybridized carbons (Fsp3) is 0.435. The van der Waals surface area contributed by atoms with Crippen LogP contribution in [0.15, 0.2) is 42.5 Å². The summed E-state index contributed by atoms with van der Waals surface area (Å²) in [5, 5.41) is 2.93. The lowest BCUT2D eigenvalue weighted by Crippen LogP contribution is -2.43. The number of halogens is 3. The number of fused-ring (bicyclic) bond motifs is 1. The Balaban J connectivity index is 1.40. The number of benzene rings is 2. The summed E-state index contributed by atoms with van der Waals surface area (Å²) in [6.45, 7) is 3.41. The van der Waals surface area contributed by atoms with Gasteiger partial charge in [0.05, 0.1) is 6.04 Å². The number of hydrogen-bond acceptors (Lipinski definition) is 4. The van der Waals surface area contributed by atoms with Gasteiger partial charge in [0.25, 0.3) is 5.91 Å². The highest BCUT2D eigenvalue weighted by Gasteiger charge is 2.31. The summed E-state index contributed by atoms with van der Waals surface area (Å²) in [7, 11) is 0. The molecule has 8 heteroatoms. The van der Waals surface area contributed by atoms with Gasteiger partial charge in [0.15, 0.2) is 0 Å². The van der Waals surface area contributed by atoms with Crippen LogP contribution in [0, 0.1) is 0 Å². The van der Waals surface area contributed by atoms with Gasteiger partial charge in [0, 0.05) is 17.7 Å². The smallest absolute Gasteiger partial charge is 0.491 e. The molecule has 0 aromatic heterocycles.